The molecular formula is C28H29ClN2O6. The lowest BCUT2D eigenvalue weighted by Crippen LogP contribution is -2.59. The number of anilines is 1. The van der Waals surface area contributed by atoms with Gasteiger partial charge in [0.2, 0.25) is 5.91 Å². The van der Waals surface area contributed by atoms with Crippen LogP contribution in [0.25, 0.3) is 0 Å². The van der Waals surface area contributed by atoms with E-state index in [2.05, 4.69) is 6.58 Å². The first kappa shape index (κ1) is 25.4. The zero-order valence-electron chi connectivity index (χ0n) is 20.2. The minimum Gasteiger partial charge on any atom is -0.481 e. The molecule has 37 heavy (non-hydrogen) atoms. The van der Waals surface area contributed by atoms with Crippen LogP contribution in [0.1, 0.15) is 18.4 Å². The first-order valence-corrected chi connectivity index (χ1v) is 12.8. The van der Waals surface area contributed by atoms with Crippen LogP contribution in [0.4, 0.5) is 5.69 Å². The fourth-order valence-electron chi connectivity index (χ4n) is 6.44. The molecule has 194 valence electrons. The second kappa shape index (κ2) is 9.93. The number of benzene rings is 2. The maximum atomic E-state index is 14.4. The highest BCUT2D eigenvalue weighted by Gasteiger charge is 2.75. The molecule has 2 amide bonds. The highest BCUT2D eigenvalue weighted by molar-refractivity contribution is 6.34. The highest BCUT2D eigenvalue weighted by atomic mass is 35.5. The molecule has 1 spiro atoms. The van der Waals surface area contributed by atoms with E-state index in [1.807, 2.05) is 30.3 Å². The Bertz CT molecular complexity index is 1220. The van der Waals surface area contributed by atoms with Crippen molar-refractivity contribution in [2.24, 2.45) is 11.8 Å². The van der Waals surface area contributed by atoms with Gasteiger partial charge in [0, 0.05) is 6.54 Å². The largest absolute Gasteiger partial charge is 0.481 e. The number of carboxylic acids is 1. The summed E-state index contributed by atoms with van der Waals surface area (Å²) in [7, 11) is 0. The van der Waals surface area contributed by atoms with Gasteiger partial charge in [-0.15, -0.1) is 6.58 Å². The monoisotopic (exact) mass is 524 g/mol. The number of ether oxygens (including phenoxy) is 1. The van der Waals surface area contributed by atoms with Crippen molar-refractivity contribution in [3.05, 3.63) is 77.8 Å². The molecule has 2 aromatic carbocycles. The predicted molar refractivity (Wildman–Crippen MR) is 137 cm³/mol. The molecule has 3 heterocycles. The van der Waals surface area contributed by atoms with Crippen molar-refractivity contribution < 1.29 is 29.3 Å². The number of aliphatic hydroxyl groups is 1. The molecule has 2 aromatic rings. The van der Waals surface area contributed by atoms with E-state index in [0.717, 1.165) is 5.56 Å². The fourth-order valence-corrected chi connectivity index (χ4v) is 6.67. The summed E-state index contributed by atoms with van der Waals surface area (Å²) in [5.74, 6) is -4.09. The van der Waals surface area contributed by atoms with E-state index < -0.39 is 60.0 Å². The van der Waals surface area contributed by atoms with Crippen molar-refractivity contribution in [3.8, 4) is 0 Å². The summed E-state index contributed by atoms with van der Waals surface area (Å²) in [5, 5.41) is 20.8. The summed E-state index contributed by atoms with van der Waals surface area (Å²) in [6.07, 6.45) is 2.04. The average Bonchev–Trinajstić information content (AvgIpc) is 3.54. The normalized spacial score (nSPS) is 28.7. The number of hydrogen-bond acceptors (Lipinski definition) is 5. The molecule has 3 saturated heterocycles. The Morgan fingerprint density at radius 3 is 2.57 bits per heavy atom. The molecule has 2 bridgehead atoms. The van der Waals surface area contributed by atoms with Crippen LogP contribution in [0.5, 0.6) is 0 Å². The van der Waals surface area contributed by atoms with E-state index in [9.17, 15) is 24.6 Å². The van der Waals surface area contributed by atoms with Gasteiger partial charge in [0.15, 0.2) is 0 Å². The van der Waals surface area contributed by atoms with Crippen LogP contribution >= 0.6 is 11.6 Å². The summed E-state index contributed by atoms with van der Waals surface area (Å²) in [6, 6.07) is 14.4. The summed E-state index contributed by atoms with van der Waals surface area (Å²) >= 11 is 6.46. The van der Waals surface area contributed by atoms with Crippen molar-refractivity contribution in [2.45, 2.75) is 43.1 Å². The zero-order valence-corrected chi connectivity index (χ0v) is 21.0. The SMILES string of the molecule is C=CCN(C(=O)[C@@H]1N([C@@H](CO)Cc2ccccc2)C(=O)[C@H]2[C@H](C(=O)O)[C@@H]3CC[C@]12O3)c1ccccc1Cl. The van der Waals surface area contributed by atoms with Crippen molar-refractivity contribution in [3.63, 3.8) is 0 Å². The van der Waals surface area contributed by atoms with Crippen LogP contribution in [0.3, 0.4) is 0 Å². The molecule has 2 N–H and O–H groups in total. The summed E-state index contributed by atoms with van der Waals surface area (Å²) in [5.41, 5.74) is 0.0311. The average molecular weight is 525 g/mol. The Morgan fingerprint density at radius 2 is 1.92 bits per heavy atom. The van der Waals surface area contributed by atoms with Gasteiger partial charge in [0.05, 0.1) is 41.3 Å². The molecule has 3 fully saturated rings. The van der Waals surface area contributed by atoms with Crippen molar-refractivity contribution in [2.75, 3.05) is 18.1 Å². The van der Waals surface area contributed by atoms with Gasteiger partial charge in [-0.05, 0) is 37.0 Å². The number of nitrogens with zero attached hydrogens (tertiary/aromatic N) is 2. The van der Waals surface area contributed by atoms with Gasteiger partial charge in [-0.1, -0.05) is 60.1 Å². The van der Waals surface area contributed by atoms with E-state index >= 15 is 0 Å². The van der Waals surface area contributed by atoms with Gasteiger partial charge in [-0.3, -0.25) is 14.4 Å². The Kier molecular flexibility index (Phi) is 6.83. The number of rotatable bonds is 9. The molecule has 8 nitrogen and oxygen atoms in total. The molecule has 5 rings (SSSR count). The van der Waals surface area contributed by atoms with Gasteiger partial charge in [0.1, 0.15) is 11.6 Å². The molecule has 3 aliphatic heterocycles. The van der Waals surface area contributed by atoms with E-state index in [-0.39, 0.29) is 6.54 Å². The molecule has 0 radical (unpaired) electrons. The highest BCUT2D eigenvalue weighted by Crippen LogP contribution is 2.59. The molecular weight excluding hydrogens is 496 g/mol. The minimum atomic E-state index is -1.30. The third-order valence-corrected chi connectivity index (χ3v) is 8.22. The molecule has 0 unspecified atom stereocenters. The molecule has 0 aliphatic carbocycles. The minimum absolute atomic E-state index is 0.121. The Balaban J connectivity index is 1.62. The lowest BCUT2D eigenvalue weighted by molar-refractivity contribution is -0.151. The smallest absolute Gasteiger partial charge is 0.310 e. The van der Waals surface area contributed by atoms with E-state index in [0.29, 0.717) is 30.0 Å². The number of hydrogen-bond donors (Lipinski definition) is 2. The standard InChI is InChI=1S/C28H29ClN2O6/c1-2-14-30(20-11-7-6-10-19(20)29)26(34)24-28-13-12-21(37-28)22(27(35)36)23(28)25(33)31(24)18(16-32)15-17-8-4-3-5-9-17/h2-11,18,21-24,32H,1,12-16H2,(H,35,36)/t18-,21+,22-,23-,24+,28-/m1/s1. The number of fused-ring (bicyclic) bond motifs is 1. The maximum Gasteiger partial charge on any atom is 0.310 e. The lowest BCUT2D eigenvalue weighted by Gasteiger charge is -2.39. The Hall–Kier alpha value is -3.20. The van der Waals surface area contributed by atoms with Gasteiger partial charge >= 0.3 is 5.97 Å². The van der Waals surface area contributed by atoms with E-state index in [4.69, 9.17) is 16.3 Å². The number of halogens is 1. The third kappa shape index (κ3) is 4.04. The summed E-state index contributed by atoms with van der Waals surface area (Å²) in [6.45, 7) is 3.51. The number of aliphatic carboxylic acids is 1. The second-order valence-corrected chi connectivity index (χ2v) is 10.3. The number of carbonyl (C=O) groups excluding carboxylic acids is 2. The second-order valence-electron chi connectivity index (χ2n) is 9.85. The lowest BCUT2D eigenvalue weighted by atomic mass is 9.70. The van der Waals surface area contributed by atoms with E-state index in [1.54, 1.807) is 30.3 Å². The molecule has 0 saturated carbocycles. The molecule has 0 aromatic heterocycles. The number of carbonyl (C=O) groups is 3. The summed E-state index contributed by atoms with van der Waals surface area (Å²) < 4.78 is 6.30. The maximum absolute atomic E-state index is 14.4. The third-order valence-electron chi connectivity index (χ3n) is 7.90. The number of aliphatic hydroxyl groups excluding tert-OH is 1. The van der Waals surface area contributed by atoms with Crippen LogP contribution in [0.15, 0.2) is 67.3 Å². The van der Waals surface area contributed by atoms with E-state index in [1.165, 1.54) is 9.80 Å². The zero-order chi connectivity index (χ0) is 26.3. The van der Waals surface area contributed by atoms with Gasteiger partial charge in [-0.2, -0.15) is 0 Å². The Morgan fingerprint density at radius 1 is 1.22 bits per heavy atom. The number of likely N-dealkylation sites (tertiary alicyclic amines) is 1. The van der Waals surface area contributed by atoms with Crippen molar-refractivity contribution >= 4 is 35.1 Å². The molecule has 3 aliphatic rings. The van der Waals surface area contributed by atoms with Crippen LogP contribution in [-0.4, -0.2) is 69.8 Å². The van der Waals surface area contributed by atoms with Crippen LogP contribution in [-0.2, 0) is 25.5 Å². The van der Waals surface area contributed by atoms with Gasteiger partial charge in [0.25, 0.3) is 5.91 Å². The quantitative estimate of drug-likeness (QED) is 0.488. The first-order chi connectivity index (χ1) is 17.8. The van der Waals surface area contributed by atoms with Crippen molar-refractivity contribution in [1.29, 1.82) is 0 Å². The van der Waals surface area contributed by atoms with Gasteiger partial charge < -0.3 is 24.7 Å². The van der Waals surface area contributed by atoms with Crippen LogP contribution < -0.4 is 4.90 Å². The molecule has 6 atom stereocenters. The fraction of sp³-hybridized carbons (Fsp3) is 0.393. The number of carboxylic acid groups (broad SMARTS) is 1. The first-order valence-electron chi connectivity index (χ1n) is 12.4. The Labute approximate surface area is 220 Å². The van der Waals surface area contributed by atoms with Crippen LogP contribution in [0.2, 0.25) is 5.02 Å². The number of amides is 2. The number of para-hydroxylation sites is 1. The molecule has 9 heteroatoms. The van der Waals surface area contributed by atoms with Gasteiger partial charge in [-0.25, -0.2) is 0 Å². The summed E-state index contributed by atoms with van der Waals surface area (Å²) in [4.78, 5) is 43.6. The predicted octanol–water partition coefficient (Wildman–Crippen LogP) is 2.92. The van der Waals surface area contributed by atoms with Crippen molar-refractivity contribution in [1.82, 2.24) is 4.90 Å². The van der Waals surface area contributed by atoms with Crippen LogP contribution in [0, 0.1) is 11.8 Å². The topological polar surface area (TPSA) is 107 Å².